The number of hydrogen-bond acceptors (Lipinski definition) is 3. The molecule has 0 atom stereocenters. The molecule has 0 spiro atoms. The maximum atomic E-state index is 14.2. The summed E-state index contributed by atoms with van der Waals surface area (Å²) in [6.07, 6.45) is 0. The molecule has 8 heteroatoms. The molecule has 0 amide bonds. The maximum absolute atomic E-state index is 14.2. The van der Waals surface area contributed by atoms with Crippen molar-refractivity contribution in [1.29, 1.82) is 0 Å². The molecule has 1 aromatic rings. The molecule has 0 radical (unpaired) electrons. The number of hydrogen-bond donors (Lipinski definition) is 2. The molecule has 22 heavy (non-hydrogen) atoms. The SMILES string of the molecule is Br.CN=C(NC)NCc1cc(F)c(N2CCOCC2)c(F)c1. The van der Waals surface area contributed by atoms with Crippen LogP contribution in [0.25, 0.3) is 0 Å². The Balaban J connectivity index is 0.00000242. The standard InChI is InChI=1S/C14H20F2N4O.BrH/c1-17-14(18-2)19-9-10-7-11(15)13(12(16)8-10)20-3-5-21-6-4-20;/h7-8H,3-6,9H2,1-2H3,(H2,17,18,19);1H. The Morgan fingerprint density at radius 3 is 2.36 bits per heavy atom. The van der Waals surface area contributed by atoms with E-state index in [0.717, 1.165) is 0 Å². The van der Waals surface area contributed by atoms with Crippen LogP contribution in [-0.2, 0) is 11.3 Å². The number of anilines is 1. The molecule has 0 saturated carbocycles. The summed E-state index contributed by atoms with van der Waals surface area (Å²) < 4.78 is 33.6. The second kappa shape index (κ2) is 8.89. The van der Waals surface area contributed by atoms with Crippen molar-refractivity contribution in [2.45, 2.75) is 6.54 Å². The van der Waals surface area contributed by atoms with E-state index in [1.54, 1.807) is 19.0 Å². The largest absolute Gasteiger partial charge is 0.378 e. The van der Waals surface area contributed by atoms with E-state index in [4.69, 9.17) is 4.74 Å². The summed E-state index contributed by atoms with van der Waals surface area (Å²) >= 11 is 0. The summed E-state index contributed by atoms with van der Waals surface area (Å²) in [6, 6.07) is 2.70. The number of guanidine groups is 1. The minimum absolute atomic E-state index is 0. The van der Waals surface area contributed by atoms with Crippen molar-refractivity contribution in [1.82, 2.24) is 10.6 Å². The average molecular weight is 379 g/mol. The number of aliphatic imine (C=N–C) groups is 1. The fourth-order valence-electron chi connectivity index (χ4n) is 2.27. The first kappa shape index (κ1) is 18.6. The average Bonchev–Trinajstić information content (AvgIpc) is 2.49. The van der Waals surface area contributed by atoms with Gasteiger partial charge in [0.15, 0.2) is 5.96 Å². The zero-order valence-electron chi connectivity index (χ0n) is 12.7. The molecule has 0 aliphatic carbocycles. The van der Waals surface area contributed by atoms with Crippen molar-refractivity contribution < 1.29 is 13.5 Å². The Hall–Kier alpha value is -1.41. The van der Waals surface area contributed by atoms with E-state index in [-0.39, 0.29) is 22.7 Å². The van der Waals surface area contributed by atoms with E-state index < -0.39 is 11.6 Å². The van der Waals surface area contributed by atoms with Crippen LogP contribution in [0.4, 0.5) is 14.5 Å². The van der Waals surface area contributed by atoms with Gasteiger partial charge in [0.05, 0.1) is 13.2 Å². The summed E-state index contributed by atoms with van der Waals surface area (Å²) in [6.45, 7) is 2.27. The topological polar surface area (TPSA) is 48.9 Å². The fourth-order valence-corrected chi connectivity index (χ4v) is 2.27. The van der Waals surface area contributed by atoms with Crippen LogP contribution < -0.4 is 15.5 Å². The number of ether oxygens (including phenoxy) is 1. The van der Waals surface area contributed by atoms with Gasteiger partial charge in [-0.3, -0.25) is 4.99 Å². The molecule has 1 aromatic carbocycles. The molecule has 1 aliphatic rings. The van der Waals surface area contributed by atoms with Crippen molar-refractivity contribution in [3.8, 4) is 0 Å². The van der Waals surface area contributed by atoms with Gasteiger partial charge in [-0.15, -0.1) is 17.0 Å². The first-order chi connectivity index (χ1) is 10.2. The normalized spacial score (nSPS) is 15.3. The lowest BCUT2D eigenvalue weighted by Gasteiger charge is -2.29. The number of rotatable bonds is 3. The van der Waals surface area contributed by atoms with Crippen molar-refractivity contribution in [3.05, 3.63) is 29.3 Å². The molecule has 5 nitrogen and oxygen atoms in total. The Morgan fingerprint density at radius 2 is 1.86 bits per heavy atom. The monoisotopic (exact) mass is 378 g/mol. The molecule has 2 N–H and O–H groups in total. The number of morpholine rings is 1. The number of halogens is 3. The van der Waals surface area contributed by atoms with E-state index in [1.165, 1.54) is 12.1 Å². The number of nitrogens with one attached hydrogen (secondary N) is 2. The second-order valence-electron chi connectivity index (χ2n) is 4.68. The van der Waals surface area contributed by atoms with Gasteiger partial charge >= 0.3 is 0 Å². The van der Waals surface area contributed by atoms with Gasteiger partial charge in [-0.25, -0.2) is 8.78 Å². The minimum atomic E-state index is -0.548. The molecule has 0 bridgehead atoms. The fraction of sp³-hybridized carbons (Fsp3) is 0.500. The lowest BCUT2D eigenvalue weighted by Crippen LogP contribution is -2.37. The van der Waals surface area contributed by atoms with Gasteiger partial charge in [-0.05, 0) is 17.7 Å². The Morgan fingerprint density at radius 1 is 1.27 bits per heavy atom. The third-order valence-corrected chi connectivity index (χ3v) is 3.32. The van der Waals surface area contributed by atoms with E-state index in [0.29, 0.717) is 44.4 Å². The number of nitrogens with zero attached hydrogens (tertiary/aromatic N) is 2. The first-order valence-corrected chi connectivity index (χ1v) is 6.84. The third kappa shape index (κ3) is 4.54. The Kier molecular flexibility index (Phi) is 7.53. The van der Waals surface area contributed by atoms with Crippen molar-refractivity contribution in [3.63, 3.8) is 0 Å². The highest BCUT2D eigenvalue weighted by molar-refractivity contribution is 8.93. The van der Waals surface area contributed by atoms with Gasteiger partial charge in [0.2, 0.25) is 0 Å². The Labute approximate surface area is 139 Å². The molecular formula is C14H21BrF2N4O. The van der Waals surface area contributed by atoms with E-state index in [2.05, 4.69) is 15.6 Å². The molecule has 0 unspecified atom stereocenters. The summed E-state index contributed by atoms with van der Waals surface area (Å²) in [4.78, 5) is 5.62. The highest BCUT2D eigenvalue weighted by Gasteiger charge is 2.20. The molecule has 1 aliphatic heterocycles. The minimum Gasteiger partial charge on any atom is -0.378 e. The van der Waals surface area contributed by atoms with Crippen LogP contribution in [0.5, 0.6) is 0 Å². The molecule has 124 valence electrons. The number of benzene rings is 1. The highest BCUT2D eigenvalue weighted by atomic mass is 79.9. The van der Waals surface area contributed by atoms with E-state index >= 15 is 0 Å². The quantitative estimate of drug-likeness (QED) is 0.620. The third-order valence-electron chi connectivity index (χ3n) is 3.32. The van der Waals surface area contributed by atoms with Crippen LogP contribution in [0, 0.1) is 11.6 Å². The van der Waals surface area contributed by atoms with Gasteiger partial charge < -0.3 is 20.3 Å². The molecule has 1 fully saturated rings. The predicted molar refractivity (Wildman–Crippen MR) is 89.0 cm³/mol. The van der Waals surface area contributed by atoms with Gasteiger partial charge in [-0.1, -0.05) is 0 Å². The molecule has 2 rings (SSSR count). The van der Waals surface area contributed by atoms with Gasteiger partial charge in [0.1, 0.15) is 17.3 Å². The van der Waals surface area contributed by atoms with Gasteiger partial charge in [0, 0.05) is 33.7 Å². The lowest BCUT2D eigenvalue weighted by molar-refractivity contribution is 0.122. The maximum Gasteiger partial charge on any atom is 0.190 e. The molecule has 1 saturated heterocycles. The van der Waals surface area contributed by atoms with Crippen molar-refractivity contribution >= 4 is 28.6 Å². The van der Waals surface area contributed by atoms with Crippen molar-refractivity contribution in [2.24, 2.45) is 4.99 Å². The van der Waals surface area contributed by atoms with Crippen LogP contribution >= 0.6 is 17.0 Å². The molecule has 1 heterocycles. The van der Waals surface area contributed by atoms with Crippen LogP contribution in [0.1, 0.15) is 5.56 Å². The summed E-state index contributed by atoms with van der Waals surface area (Å²) in [5, 5.41) is 5.80. The predicted octanol–water partition coefficient (Wildman–Crippen LogP) is 1.67. The molecular weight excluding hydrogens is 358 g/mol. The van der Waals surface area contributed by atoms with E-state index in [9.17, 15) is 8.78 Å². The molecule has 0 aromatic heterocycles. The second-order valence-corrected chi connectivity index (χ2v) is 4.68. The van der Waals surface area contributed by atoms with Crippen LogP contribution in [-0.4, -0.2) is 46.4 Å². The van der Waals surface area contributed by atoms with E-state index in [1.807, 2.05) is 0 Å². The zero-order valence-corrected chi connectivity index (χ0v) is 14.4. The van der Waals surface area contributed by atoms with Gasteiger partial charge in [0.25, 0.3) is 0 Å². The van der Waals surface area contributed by atoms with Crippen LogP contribution in [0.15, 0.2) is 17.1 Å². The van der Waals surface area contributed by atoms with Crippen LogP contribution in [0.3, 0.4) is 0 Å². The highest BCUT2D eigenvalue weighted by Crippen LogP contribution is 2.25. The summed E-state index contributed by atoms with van der Waals surface area (Å²) in [7, 11) is 3.35. The Bertz CT molecular complexity index is 499. The van der Waals surface area contributed by atoms with Gasteiger partial charge in [-0.2, -0.15) is 0 Å². The summed E-state index contributed by atoms with van der Waals surface area (Å²) in [5.41, 5.74) is 0.554. The summed E-state index contributed by atoms with van der Waals surface area (Å²) in [5.74, 6) is -0.533. The lowest BCUT2D eigenvalue weighted by atomic mass is 10.1. The zero-order chi connectivity index (χ0) is 15.2. The van der Waals surface area contributed by atoms with Crippen LogP contribution in [0.2, 0.25) is 0 Å². The van der Waals surface area contributed by atoms with Crippen molar-refractivity contribution in [2.75, 3.05) is 45.3 Å². The smallest absolute Gasteiger partial charge is 0.190 e. The first-order valence-electron chi connectivity index (χ1n) is 6.84.